The van der Waals surface area contributed by atoms with Gasteiger partial charge >= 0.3 is 0 Å². The minimum absolute atomic E-state index is 0.0714. The van der Waals surface area contributed by atoms with E-state index < -0.39 is 0 Å². The van der Waals surface area contributed by atoms with Gasteiger partial charge in [0.2, 0.25) is 0 Å². The van der Waals surface area contributed by atoms with Crippen molar-refractivity contribution in [3.8, 4) is 0 Å². The smallest absolute Gasteiger partial charge is 0.258 e. The normalized spacial score (nSPS) is 17.7. The number of piperazine rings is 1. The number of hydrogen-bond donors (Lipinski definition) is 0. The molecule has 0 spiro atoms. The molecule has 2 aliphatic heterocycles. The maximum atomic E-state index is 13.1. The van der Waals surface area contributed by atoms with Crippen LogP contribution in [0.5, 0.6) is 0 Å². The monoisotopic (exact) mass is 336 g/mol. The van der Waals surface area contributed by atoms with E-state index in [4.69, 9.17) is 0 Å². The van der Waals surface area contributed by atoms with Crippen LogP contribution in [0.15, 0.2) is 36.5 Å². The molecule has 0 saturated carbocycles. The average molecular weight is 336 g/mol. The molecule has 0 radical (unpaired) electrons. The summed E-state index contributed by atoms with van der Waals surface area (Å²) in [6.45, 7) is 6.78. The first-order valence-electron chi connectivity index (χ1n) is 8.93. The van der Waals surface area contributed by atoms with E-state index in [0.717, 1.165) is 56.2 Å². The standard InChI is InChI=1S/C20H24N4O/c1-15-3-4-16-6-8-24(18(16)13-15)20(25)17-5-7-21-19(14-17)23-11-9-22(2)10-12-23/h3-5,7,13-14H,6,8-12H2,1-2H3. The molecule has 1 aromatic heterocycles. The molecular weight excluding hydrogens is 312 g/mol. The van der Waals surface area contributed by atoms with Crippen LogP contribution in [0.1, 0.15) is 21.5 Å². The fourth-order valence-corrected chi connectivity index (χ4v) is 3.62. The molecule has 4 rings (SSSR count). The number of aryl methyl sites for hydroxylation is 1. The van der Waals surface area contributed by atoms with Crippen LogP contribution in [0.25, 0.3) is 0 Å². The Kier molecular flexibility index (Phi) is 4.17. The number of carbonyl (C=O) groups excluding carboxylic acids is 1. The Morgan fingerprint density at radius 2 is 1.84 bits per heavy atom. The number of carbonyl (C=O) groups is 1. The molecule has 2 aromatic rings. The predicted octanol–water partition coefficient (Wildman–Crippen LogP) is 2.34. The Labute approximate surface area is 148 Å². The summed E-state index contributed by atoms with van der Waals surface area (Å²) >= 11 is 0. The average Bonchev–Trinajstić information content (AvgIpc) is 3.05. The molecule has 2 aliphatic rings. The van der Waals surface area contributed by atoms with Gasteiger partial charge in [-0.1, -0.05) is 12.1 Å². The largest absolute Gasteiger partial charge is 0.354 e. The van der Waals surface area contributed by atoms with Crippen LogP contribution in [-0.2, 0) is 6.42 Å². The van der Waals surface area contributed by atoms with E-state index in [1.165, 1.54) is 11.1 Å². The molecule has 5 heteroatoms. The number of nitrogens with zero attached hydrogens (tertiary/aromatic N) is 4. The Morgan fingerprint density at radius 1 is 1.04 bits per heavy atom. The molecule has 0 unspecified atom stereocenters. The van der Waals surface area contributed by atoms with Crippen LogP contribution in [-0.4, -0.2) is 55.6 Å². The second-order valence-corrected chi connectivity index (χ2v) is 7.03. The van der Waals surface area contributed by atoms with Gasteiger partial charge in [0.25, 0.3) is 5.91 Å². The molecule has 25 heavy (non-hydrogen) atoms. The first kappa shape index (κ1) is 16.1. The number of hydrogen-bond acceptors (Lipinski definition) is 4. The minimum Gasteiger partial charge on any atom is -0.354 e. The molecule has 0 atom stereocenters. The molecule has 0 bridgehead atoms. The van der Waals surface area contributed by atoms with Crippen molar-refractivity contribution in [3.05, 3.63) is 53.2 Å². The fourth-order valence-electron chi connectivity index (χ4n) is 3.62. The summed E-state index contributed by atoms with van der Waals surface area (Å²) in [5.41, 5.74) is 4.22. The fraction of sp³-hybridized carbons (Fsp3) is 0.400. The van der Waals surface area contributed by atoms with E-state index in [9.17, 15) is 4.79 Å². The number of pyridine rings is 1. The van der Waals surface area contributed by atoms with E-state index in [0.29, 0.717) is 0 Å². The highest BCUT2D eigenvalue weighted by atomic mass is 16.2. The maximum absolute atomic E-state index is 13.1. The van der Waals surface area contributed by atoms with Gasteiger partial charge in [0.05, 0.1) is 0 Å². The lowest BCUT2D eigenvalue weighted by Gasteiger charge is -2.33. The van der Waals surface area contributed by atoms with Gasteiger partial charge in [0.15, 0.2) is 0 Å². The van der Waals surface area contributed by atoms with Gasteiger partial charge in [0.1, 0.15) is 5.82 Å². The van der Waals surface area contributed by atoms with E-state index in [1.807, 2.05) is 17.0 Å². The summed E-state index contributed by atoms with van der Waals surface area (Å²) in [7, 11) is 2.14. The topological polar surface area (TPSA) is 39.7 Å². The third-order valence-corrected chi connectivity index (χ3v) is 5.20. The second-order valence-electron chi connectivity index (χ2n) is 7.03. The first-order valence-corrected chi connectivity index (χ1v) is 8.93. The Balaban J connectivity index is 1.58. The third kappa shape index (κ3) is 3.12. The van der Waals surface area contributed by atoms with Crippen LogP contribution in [0.3, 0.4) is 0 Å². The van der Waals surface area contributed by atoms with Crippen LogP contribution >= 0.6 is 0 Å². The van der Waals surface area contributed by atoms with E-state index in [1.54, 1.807) is 6.20 Å². The number of aromatic nitrogens is 1. The third-order valence-electron chi connectivity index (χ3n) is 5.20. The number of benzene rings is 1. The molecule has 130 valence electrons. The molecule has 0 aliphatic carbocycles. The number of anilines is 2. The highest BCUT2D eigenvalue weighted by molar-refractivity contribution is 6.07. The zero-order valence-corrected chi connectivity index (χ0v) is 14.9. The number of rotatable bonds is 2. The van der Waals surface area contributed by atoms with E-state index in [2.05, 4.69) is 47.0 Å². The van der Waals surface area contributed by atoms with Crippen LogP contribution in [0.2, 0.25) is 0 Å². The van der Waals surface area contributed by atoms with Crippen molar-refractivity contribution in [2.45, 2.75) is 13.3 Å². The SMILES string of the molecule is Cc1ccc2c(c1)N(C(=O)c1ccnc(N3CCN(C)CC3)c1)CC2. The number of likely N-dealkylation sites (N-methyl/N-ethyl adjacent to an activating group) is 1. The summed E-state index contributed by atoms with van der Waals surface area (Å²) in [5, 5.41) is 0. The van der Waals surface area contributed by atoms with Crippen molar-refractivity contribution in [1.82, 2.24) is 9.88 Å². The van der Waals surface area contributed by atoms with Gasteiger partial charge < -0.3 is 14.7 Å². The summed E-state index contributed by atoms with van der Waals surface area (Å²) in [5.74, 6) is 0.977. The van der Waals surface area contributed by atoms with Gasteiger partial charge in [-0.05, 0) is 49.7 Å². The molecule has 5 nitrogen and oxygen atoms in total. The second kappa shape index (κ2) is 6.48. The molecular formula is C20H24N4O. The Morgan fingerprint density at radius 3 is 2.64 bits per heavy atom. The lowest BCUT2D eigenvalue weighted by molar-refractivity contribution is 0.0989. The highest BCUT2D eigenvalue weighted by Crippen LogP contribution is 2.30. The quantitative estimate of drug-likeness (QED) is 0.844. The van der Waals surface area contributed by atoms with Crippen molar-refractivity contribution >= 4 is 17.4 Å². The van der Waals surface area contributed by atoms with E-state index in [-0.39, 0.29) is 5.91 Å². The van der Waals surface area contributed by atoms with Crippen molar-refractivity contribution in [2.24, 2.45) is 0 Å². The molecule has 1 aromatic carbocycles. The van der Waals surface area contributed by atoms with Gasteiger partial charge in [-0.15, -0.1) is 0 Å². The summed E-state index contributed by atoms with van der Waals surface area (Å²) in [6.07, 6.45) is 2.69. The summed E-state index contributed by atoms with van der Waals surface area (Å²) in [4.78, 5) is 24.1. The van der Waals surface area contributed by atoms with Gasteiger partial charge in [0, 0.05) is 50.2 Å². The molecule has 1 amide bonds. The molecule has 1 fully saturated rings. The zero-order chi connectivity index (χ0) is 17.4. The van der Waals surface area contributed by atoms with Crippen molar-refractivity contribution in [2.75, 3.05) is 49.6 Å². The van der Waals surface area contributed by atoms with Crippen molar-refractivity contribution in [1.29, 1.82) is 0 Å². The number of fused-ring (bicyclic) bond motifs is 1. The van der Waals surface area contributed by atoms with Crippen molar-refractivity contribution in [3.63, 3.8) is 0 Å². The van der Waals surface area contributed by atoms with Crippen LogP contribution in [0, 0.1) is 6.92 Å². The summed E-state index contributed by atoms with van der Waals surface area (Å²) < 4.78 is 0. The molecule has 0 N–H and O–H groups in total. The zero-order valence-electron chi connectivity index (χ0n) is 14.9. The number of amides is 1. The Hall–Kier alpha value is -2.40. The van der Waals surface area contributed by atoms with E-state index >= 15 is 0 Å². The lowest BCUT2D eigenvalue weighted by Crippen LogP contribution is -2.44. The first-order chi connectivity index (χ1) is 12.1. The van der Waals surface area contributed by atoms with Gasteiger partial charge in [-0.25, -0.2) is 4.98 Å². The lowest BCUT2D eigenvalue weighted by atomic mass is 10.1. The maximum Gasteiger partial charge on any atom is 0.258 e. The molecule has 3 heterocycles. The summed E-state index contributed by atoms with van der Waals surface area (Å²) in [6, 6.07) is 10.1. The van der Waals surface area contributed by atoms with Crippen molar-refractivity contribution < 1.29 is 4.79 Å². The predicted molar refractivity (Wildman–Crippen MR) is 101 cm³/mol. The van der Waals surface area contributed by atoms with Gasteiger partial charge in [-0.2, -0.15) is 0 Å². The Bertz CT molecular complexity index is 796. The highest BCUT2D eigenvalue weighted by Gasteiger charge is 2.26. The van der Waals surface area contributed by atoms with Crippen LogP contribution in [0.4, 0.5) is 11.5 Å². The van der Waals surface area contributed by atoms with Crippen LogP contribution < -0.4 is 9.80 Å². The van der Waals surface area contributed by atoms with Gasteiger partial charge in [-0.3, -0.25) is 4.79 Å². The molecule has 1 saturated heterocycles. The minimum atomic E-state index is 0.0714.